The van der Waals surface area contributed by atoms with E-state index in [2.05, 4.69) is 10.6 Å². The van der Waals surface area contributed by atoms with Gasteiger partial charge >= 0.3 is 5.97 Å². The van der Waals surface area contributed by atoms with Gasteiger partial charge in [-0.1, -0.05) is 36.4 Å². The van der Waals surface area contributed by atoms with Crippen LogP contribution in [0.15, 0.2) is 59.5 Å². The zero-order valence-corrected chi connectivity index (χ0v) is 17.4. The van der Waals surface area contributed by atoms with Crippen LogP contribution in [0.4, 0.5) is 0 Å². The number of esters is 1. The molecular formula is C20H23N3O6S. The zero-order chi connectivity index (χ0) is 22.1. The van der Waals surface area contributed by atoms with E-state index >= 15 is 0 Å². The van der Waals surface area contributed by atoms with Gasteiger partial charge in [0.2, 0.25) is 15.9 Å². The molecule has 160 valence electrons. The van der Waals surface area contributed by atoms with E-state index in [4.69, 9.17) is 4.74 Å². The number of sulfonamides is 1. The molecule has 30 heavy (non-hydrogen) atoms. The quantitative estimate of drug-likeness (QED) is 0.556. The Kier molecular flexibility index (Phi) is 8.07. The number of amides is 2. The highest BCUT2D eigenvalue weighted by Crippen LogP contribution is 2.14. The van der Waals surface area contributed by atoms with Crippen LogP contribution in [0.1, 0.15) is 15.9 Å². The second-order valence-electron chi connectivity index (χ2n) is 6.42. The van der Waals surface area contributed by atoms with E-state index in [0.717, 1.165) is 9.87 Å². The molecule has 0 unspecified atom stereocenters. The maximum atomic E-state index is 12.2. The molecule has 0 radical (unpaired) electrons. The number of benzene rings is 2. The van der Waals surface area contributed by atoms with Crippen LogP contribution in [0.5, 0.6) is 0 Å². The van der Waals surface area contributed by atoms with Gasteiger partial charge in [0, 0.05) is 19.7 Å². The molecule has 2 amide bonds. The maximum Gasteiger partial charge on any atom is 0.325 e. The zero-order valence-electron chi connectivity index (χ0n) is 16.6. The van der Waals surface area contributed by atoms with Crippen molar-refractivity contribution < 1.29 is 27.5 Å². The Labute approximate surface area is 175 Å². The minimum atomic E-state index is -3.69. The number of hydrogen-bond donors (Lipinski definition) is 2. The van der Waals surface area contributed by atoms with Crippen LogP contribution >= 0.6 is 0 Å². The molecule has 2 aromatic carbocycles. The topological polar surface area (TPSA) is 122 Å². The van der Waals surface area contributed by atoms with Gasteiger partial charge in [0.25, 0.3) is 5.91 Å². The maximum absolute atomic E-state index is 12.2. The first-order chi connectivity index (χ1) is 14.2. The van der Waals surface area contributed by atoms with Crippen molar-refractivity contribution >= 4 is 27.8 Å². The van der Waals surface area contributed by atoms with Gasteiger partial charge in [-0.15, -0.1) is 0 Å². The molecular weight excluding hydrogens is 410 g/mol. The van der Waals surface area contributed by atoms with Crippen LogP contribution in [0, 0.1) is 0 Å². The molecule has 10 heteroatoms. The van der Waals surface area contributed by atoms with Gasteiger partial charge < -0.3 is 15.4 Å². The second-order valence-corrected chi connectivity index (χ2v) is 8.57. The van der Waals surface area contributed by atoms with Crippen molar-refractivity contribution in [3.05, 3.63) is 65.7 Å². The van der Waals surface area contributed by atoms with Gasteiger partial charge in [-0.25, -0.2) is 12.7 Å². The van der Waals surface area contributed by atoms with Gasteiger partial charge in [-0.05, 0) is 23.8 Å². The fraction of sp³-hybridized carbons (Fsp3) is 0.250. The fourth-order valence-corrected chi connectivity index (χ4v) is 3.24. The van der Waals surface area contributed by atoms with Crippen molar-refractivity contribution in [3.63, 3.8) is 0 Å². The van der Waals surface area contributed by atoms with Crippen molar-refractivity contribution in [3.8, 4) is 0 Å². The van der Waals surface area contributed by atoms with E-state index in [0.29, 0.717) is 0 Å². The number of nitrogens with zero attached hydrogens (tertiary/aromatic N) is 1. The summed E-state index contributed by atoms with van der Waals surface area (Å²) in [5, 5.41) is 4.72. The van der Waals surface area contributed by atoms with Gasteiger partial charge in [0.15, 0.2) is 0 Å². The Morgan fingerprint density at radius 1 is 0.933 bits per heavy atom. The molecule has 2 N–H and O–H groups in total. The lowest BCUT2D eigenvalue weighted by Crippen LogP contribution is -2.39. The summed E-state index contributed by atoms with van der Waals surface area (Å²) in [4.78, 5) is 35.7. The number of carbonyl (C=O) groups excluding carboxylic acids is 3. The molecule has 0 fully saturated rings. The fourth-order valence-electron chi connectivity index (χ4n) is 2.29. The highest BCUT2D eigenvalue weighted by atomic mass is 32.2. The summed E-state index contributed by atoms with van der Waals surface area (Å²) in [7, 11) is -0.913. The average Bonchev–Trinajstić information content (AvgIpc) is 2.75. The number of nitrogens with one attached hydrogen (secondary N) is 2. The van der Waals surface area contributed by atoms with Gasteiger partial charge in [-0.3, -0.25) is 14.4 Å². The van der Waals surface area contributed by atoms with Crippen molar-refractivity contribution in [2.75, 3.05) is 27.2 Å². The van der Waals surface area contributed by atoms with Crippen LogP contribution in [-0.4, -0.2) is 57.7 Å². The lowest BCUT2D eigenvalue weighted by molar-refractivity contribution is -0.145. The Bertz CT molecular complexity index is 1010. The van der Waals surface area contributed by atoms with E-state index < -0.39 is 27.8 Å². The first-order valence-corrected chi connectivity index (χ1v) is 10.4. The largest absolute Gasteiger partial charge is 0.460 e. The van der Waals surface area contributed by atoms with Gasteiger partial charge in [0.1, 0.15) is 13.2 Å². The smallest absolute Gasteiger partial charge is 0.325 e. The third kappa shape index (κ3) is 6.68. The molecule has 0 bridgehead atoms. The molecule has 0 spiro atoms. The summed E-state index contributed by atoms with van der Waals surface area (Å²) < 4.78 is 30.4. The van der Waals surface area contributed by atoms with Gasteiger partial charge in [-0.2, -0.15) is 0 Å². The van der Waals surface area contributed by atoms with Crippen LogP contribution < -0.4 is 10.6 Å². The summed E-state index contributed by atoms with van der Waals surface area (Å²) in [6.45, 7) is -0.619. The molecule has 0 heterocycles. The van der Waals surface area contributed by atoms with Crippen LogP contribution in [0.25, 0.3) is 0 Å². The molecule has 9 nitrogen and oxygen atoms in total. The van der Waals surface area contributed by atoms with Crippen LogP contribution in [0.2, 0.25) is 0 Å². The lowest BCUT2D eigenvalue weighted by atomic mass is 10.2. The molecule has 0 saturated heterocycles. The third-order valence-corrected chi connectivity index (χ3v) is 5.77. The number of hydrogen-bond acceptors (Lipinski definition) is 6. The summed E-state index contributed by atoms with van der Waals surface area (Å²) >= 11 is 0. The van der Waals surface area contributed by atoms with Crippen LogP contribution in [-0.2, 0) is 31.0 Å². The Balaban J connectivity index is 1.79. The molecule has 0 aliphatic rings. The SMILES string of the molecule is CN(C)S(=O)(=O)c1cccc(C(=O)NCC(=O)NCC(=O)OCc2ccccc2)c1. The average molecular weight is 433 g/mol. The summed E-state index contributed by atoms with van der Waals surface area (Å²) in [6, 6.07) is 14.6. The molecule has 0 aliphatic carbocycles. The number of ether oxygens (including phenoxy) is 1. The Morgan fingerprint density at radius 2 is 1.63 bits per heavy atom. The molecule has 0 atom stereocenters. The Morgan fingerprint density at radius 3 is 2.30 bits per heavy atom. The predicted octanol–water partition coefficient (Wildman–Crippen LogP) is 0.526. The summed E-state index contributed by atoms with van der Waals surface area (Å²) in [6.07, 6.45) is 0. The standard InChI is InChI=1S/C20H23N3O6S/c1-23(2)30(27,28)17-10-6-9-16(11-17)20(26)22-12-18(24)21-13-19(25)29-14-15-7-4-3-5-8-15/h3-11H,12-14H2,1-2H3,(H,21,24)(H,22,26). The summed E-state index contributed by atoms with van der Waals surface area (Å²) in [5.41, 5.74) is 0.913. The van der Waals surface area contributed by atoms with E-state index in [1.54, 1.807) is 12.1 Å². The summed E-state index contributed by atoms with van der Waals surface area (Å²) in [5.74, 6) is -1.81. The lowest BCUT2D eigenvalue weighted by Gasteiger charge is -2.12. The number of rotatable bonds is 9. The molecule has 2 rings (SSSR count). The van der Waals surface area contributed by atoms with Crippen LogP contribution in [0.3, 0.4) is 0 Å². The van der Waals surface area contributed by atoms with Crippen molar-refractivity contribution in [2.45, 2.75) is 11.5 Å². The molecule has 0 saturated carbocycles. The van der Waals surface area contributed by atoms with Crippen molar-refractivity contribution in [2.24, 2.45) is 0 Å². The first kappa shape index (κ1) is 23.0. The normalized spacial score (nSPS) is 11.0. The second kappa shape index (κ2) is 10.5. The van der Waals surface area contributed by atoms with E-state index in [9.17, 15) is 22.8 Å². The minimum Gasteiger partial charge on any atom is -0.460 e. The highest BCUT2D eigenvalue weighted by Gasteiger charge is 2.19. The highest BCUT2D eigenvalue weighted by molar-refractivity contribution is 7.89. The number of carbonyl (C=O) groups is 3. The molecule has 0 aromatic heterocycles. The van der Waals surface area contributed by atoms with Crippen molar-refractivity contribution in [1.29, 1.82) is 0 Å². The third-order valence-electron chi connectivity index (χ3n) is 3.96. The van der Waals surface area contributed by atoms with E-state index in [1.807, 2.05) is 18.2 Å². The minimum absolute atomic E-state index is 0.0363. The van der Waals surface area contributed by atoms with Crippen molar-refractivity contribution in [1.82, 2.24) is 14.9 Å². The molecule has 0 aliphatic heterocycles. The van der Waals surface area contributed by atoms with E-state index in [-0.39, 0.29) is 30.2 Å². The first-order valence-electron chi connectivity index (χ1n) is 8.97. The van der Waals surface area contributed by atoms with Gasteiger partial charge in [0.05, 0.1) is 11.4 Å². The van der Waals surface area contributed by atoms with E-state index in [1.165, 1.54) is 38.4 Å². The predicted molar refractivity (Wildman–Crippen MR) is 109 cm³/mol. The monoisotopic (exact) mass is 433 g/mol. The molecule has 2 aromatic rings. The Hall–Kier alpha value is -3.24.